The molecule has 0 N–H and O–H groups in total. The summed E-state index contributed by atoms with van der Waals surface area (Å²) in [7, 11) is 1.55. The van der Waals surface area contributed by atoms with E-state index in [1.807, 2.05) is 0 Å². The molecule has 0 saturated carbocycles. The Labute approximate surface area is 71.6 Å². The van der Waals surface area contributed by atoms with Crippen molar-refractivity contribution in [3.8, 4) is 0 Å². The van der Waals surface area contributed by atoms with Crippen molar-refractivity contribution in [2.45, 2.75) is 12.5 Å². The van der Waals surface area contributed by atoms with Crippen LogP contribution >= 0.6 is 34.8 Å². The molecule has 0 aromatic carbocycles. The molecule has 1 nitrogen and oxygen atoms in total. The van der Waals surface area contributed by atoms with Gasteiger partial charge in [0.15, 0.2) is 0 Å². The van der Waals surface area contributed by atoms with Gasteiger partial charge in [-0.25, -0.2) is 0 Å². The summed E-state index contributed by atoms with van der Waals surface area (Å²) >= 11 is 15.5. The second-order valence-corrected chi connectivity index (χ2v) is 8.54. The van der Waals surface area contributed by atoms with E-state index in [-0.39, 0.29) is 0 Å². The van der Waals surface area contributed by atoms with Crippen LogP contribution in [0.3, 0.4) is 0 Å². The van der Waals surface area contributed by atoms with Gasteiger partial charge in [-0.1, -0.05) is 0 Å². The van der Waals surface area contributed by atoms with Gasteiger partial charge in [-0.15, -0.1) is 22.2 Å². The standard InChI is InChI=1S/C4H10Cl2OSSi/c1-7-9(5,6)4-2-3-8/h8H,2-4H2,1H3. The predicted octanol–water partition coefficient (Wildman–Crippen LogP) is 2.37. The lowest BCUT2D eigenvalue weighted by molar-refractivity contribution is 0.426. The Bertz CT molecular complexity index is 81.0. The van der Waals surface area contributed by atoms with Crippen LogP contribution in [0.1, 0.15) is 6.42 Å². The summed E-state index contributed by atoms with van der Waals surface area (Å²) < 4.78 is 4.88. The Morgan fingerprint density at radius 3 is 2.44 bits per heavy atom. The van der Waals surface area contributed by atoms with E-state index in [1.165, 1.54) is 0 Å². The highest BCUT2D eigenvalue weighted by Crippen LogP contribution is 2.22. The molecular formula is C4H10Cl2OSSi. The maximum Gasteiger partial charge on any atom is 0.389 e. The van der Waals surface area contributed by atoms with E-state index in [1.54, 1.807) is 7.11 Å². The molecule has 0 spiro atoms. The van der Waals surface area contributed by atoms with Crippen LogP contribution in [-0.2, 0) is 4.43 Å². The fourth-order valence-corrected chi connectivity index (χ4v) is 2.44. The first-order chi connectivity index (χ1) is 4.12. The van der Waals surface area contributed by atoms with Crippen molar-refractivity contribution in [1.82, 2.24) is 0 Å². The molecule has 0 radical (unpaired) electrons. The highest BCUT2D eigenvalue weighted by molar-refractivity contribution is 7.80. The van der Waals surface area contributed by atoms with E-state index in [0.717, 1.165) is 18.2 Å². The lowest BCUT2D eigenvalue weighted by Gasteiger charge is -2.11. The van der Waals surface area contributed by atoms with Gasteiger partial charge < -0.3 is 4.43 Å². The first-order valence-corrected chi connectivity index (χ1v) is 7.43. The summed E-state index contributed by atoms with van der Waals surface area (Å²) in [5.41, 5.74) is 0. The van der Waals surface area contributed by atoms with Crippen LogP contribution in [0.15, 0.2) is 0 Å². The molecule has 9 heavy (non-hydrogen) atoms. The molecule has 0 aliphatic heterocycles. The predicted molar refractivity (Wildman–Crippen MR) is 47.7 cm³/mol. The molecule has 0 aliphatic rings. The zero-order chi connectivity index (χ0) is 7.33. The molecule has 0 unspecified atom stereocenters. The average molecular weight is 205 g/mol. The third-order valence-corrected chi connectivity index (χ3v) is 4.83. The fraction of sp³-hybridized carbons (Fsp3) is 1.00. The van der Waals surface area contributed by atoms with Crippen LogP contribution in [-0.4, -0.2) is 19.8 Å². The first-order valence-electron chi connectivity index (χ1n) is 2.66. The summed E-state index contributed by atoms with van der Waals surface area (Å²) in [4.78, 5) is 0. The third kappa shape index (κ3) is 5.55. The highest BCUT2D eigenvalue weighted by Gasteiger charge is 2.27. The maximum absolute atomic E-state index is 5.75. The van der Waals surface area contributed by atoms with Gasteiger partial charge in [0.25, 0.3) is 0 Å². The second kappa shape index (κ2) is 4.85. The summed E-state index contributed by atoms with van der Waals surface area (Å²) in [6, 6.07) is 0.760. The molecule has 5 heteroatoms. The van der Waals surface area contributed by atoms with Gasteiger partial charge >= 0.3 is 6.94 Å². The van der Waals surface area contributed by atoms with Gasteiger partial charge in [0.1, 0.15) is 0 Å². The van der Waals surface area contributed by atoms with Gasteiger partial charge in [-0.05, 0) is 18.2 Å². The van der Waals surface area contributed by atoms with Crippen LogP contribution in [0.25, 0.3) is 0 Å². The van der Waals surface area contributed by atoms with Gasteiger partial charge in [-0.2, -0.15) is 12.6 Å². The minimum Gasteiger partial charge on any atom is -0.396 e. The molecule has 0 aliphatic carbocycles. The Morgan fingerprint density at radius 1 is 1.56 bits per heavy atom. The third-order valence-electron chi connectivity index (χ3n) is 0.925. The molecule has 0 bridgehead atoms. The van der Waals surface area contributed by atoms with Crippen molar-refractivity contribution in [3.05, 3.63) is 0 Å². The number of rotatable bonds is 4. The average Bonchev–Trinajstić information content (AvgIpc) is 1.84. The van der Waals surface area contributed by atoms with E-state index in [0.29, 0.717) is 0 Å². The lowest BCUT2D eigenvalue weighted by atomic mass is 10.6. The van der Waals surface area contributed by atoms with E-state index in [4.69, 9.17) is 26.6 Å². The zero-order valence-electron chi connectivity index (χ0n) is 5.23. The Morgan fingerprint density at radius 2 is 2.11 bits per heavy atom. The summed E-state index contributed by atoms with van der Waals surface area (Å²) in [6.45, 7) is -2.30. The van der Waals surface area contributed by atoms with Crippen LogP contribution in [0, 0.1) is 0 Å². The van der Waals surface area contributed by atoms with Gasteiger partial charge in [-0.3, -0.25) is 0 Å². The number of hydrogen-bond donors (Lipinski definition) is 1. The Kier molecular flexibility index (Phi) is 5.45. The molecule has 56 valence electrons. The second-order valence-electron chi connectivity index (χ2n) is 1.67. The van der Waals surface area contributed by atoms with E-state index in [9.17, 15) is 0 Å². The largest absolute Gasteiger partial charge is 0.396 e. The Balaban J connectivity index is 3.33. The Hall–Kier alpha value is 1.11. The van der Waals surface area contributed by atoms with Crippen LogP contribution in [0.5, 0.6) is 0 Å². The smallest absolute Gasteiger partial charge is 0.389 e. The SMILES string of the molecule is CO[Si](Cl)(Cl)CCCS. The van der Waals surface area contributed by atoms with Crippen molar-refractivity contribution in [1.29, 1.82) is 0 Å². The molecule has 0 fully saturated rings. The van der Waals surface area contributed by atoms with Crippen LogP contribution in [0.4, 0.5) is 0 Å². The number of thiol groups is 1. The van der Waals surface area contributed by atoms with Crippen molar-refractivity contribution >= 4 is 41.7 Å². The topological polar surface area (TPSA) is 9.23 Å². The fourth-order valence-electron chi connectivity index (χ4n) is 0.387. The number of halogens is 2. The molecule has 0 rings (SSSR count). The lowest BCUT2D eigenvalue weighted by Crippen LogP contribution is -2.21. The molecule has 0 aromatic heterocycles. The van der Waals surface area contributed by atoms with E-state index < -0.39 is 6.94 Å². The first kappa shape index (κ1) is 10.1. The molecule has 0 atom stereocenters. The van der Waals surface area contributed by atoms with E-state index in [2.05, 4.69) is 12.6 Å². The highest BCUT2D eigenvalue weighted by atomic mass is 35.7. The van der Waals surface area contributed by atoms with Crippen molar-refractivity contribution < 1.29 is 4.43 Å². The molecule has 0 heterocycles. The van der Waals surface area contributed by atoms with Crippen molar-refractivity contribution in [3.63, 3.8) is 0 Å². The summed E-state index contributed by atoms with van der Waals surface area (Å²) in [5.74, 6) is 0.817. The van der Waals surface area contributed by atoms with Gasteiger partial charge in [0.05, 0.1) is 0 Å². The summed E-state index contributed by atoms with van der Waals surface area (Å²) in [5, 5.41) is 0. The molecule has 0 aromatic rings. The quantitative estimate of drug-likeness (QED) is 0.421. The van der Waals surface area contributed by atoms with Gasteiger partial charge in [0, 0.05) is 7.11 Å². The summed E-state index contributed by atoms with van der Waals surface area (Å²) in [6.07, 6.45) is 0.927. The minimum atomic E-state index is -2.30. The minimum absolute atomic E-state index is 0.760. The van der Waals surface area contributed by atoms with Crippen molar-refractivity contribution in [2.24, 2.45) is 0 Å². The normalized spacial score (nSPS) is 12.0. The monoisotopic (exact) mass is 204 g/mol. The molecule has 0 saturated heterocycles. The van der Waals surface area contributed by atoms with E-state index >= 15 is 0 Å². The van der Waals surface area contributed by atoms with Crippen molar-refractivity contribution in [2.75, 3.05) is 12.9 Å². The van der Waals surface area contributed by atoms with Crippen LogP contribution in [0.2, 0.25) is 6.04 Å². The molecular weight excluding hydrogens is 195 g/mol. The number of hydrogen-bond acceptors (Lipinski definition) is 2. The van der Waals surface area contributed by atoms with Crippen LogP contribution < -0.4 is 0 Å². The van der Waals surface area contributed by atoms with Gasteiger partial charge in [0.2, 0.25) is 0 Å². The molecule has 0 amide bonds. The maximum atomic E-state index is 5.75. The zero-order valence-corrected chi connectivity index (χ0v) is 8.64.